The summed E-state index contributed by atoms with van der Waals surface area (Å²) in [6.45, 7) is 6.77. The van der Waals surface area contributed by atoms with E-state index >= 15 is 0 Å². The molecule has 0 unspecified atom stereocenters. The first-order chi connectivity index (χ1) is 11.7. The molecule has 0 aliphatic heterocycles. The minimum Gasteiger partial charge on any atom is -0.467 e. The highest BCUT2D eigenvalue weighted by Crippen LogP contribution is 2.25. The molecule has 3 aromatic rings. The summed E-state index contributed by atoms with van der Waals surface area (Å²) in [4.78, 5) is 9.01. The summed E-state index contributed by atoms with van der Waals surface area (Å²) in [5.74, 6) is 2.22. The smallest absolute Gasteiger partial charge is 0.225 e. The van der Waals surface area contributed by atoms with E-state index in [1.165, 1.54) is 11.1 Å². The normalized spacial score (nSPS) is 10.6. The van der Waals surface area contributed by atoms with Crippen LogP contribution in [0.4, 0.5) is 17.5 Å². The molecule has 0 saturated heterocycles. The molecule has 1 aromatic carbocycles. The Bertz CT molecular complexity index is 812. The van der Waals surface area contributed by atoms with Crippen LogP contribution in [0.15, 0.2) is 47.1 Å². The van der Waals surface area contributed by atoms with E-state index in [0.29, 0.717) is 12.5 Å². The van der Waals surface area contributed by atoms with E-state index in [2.05, 4.69) is 52.6 Å². The highest BCUT2D eigenvalue weighted by atomic mass is 16.3. The fourth-order valence-corrected chi connectivity index (χ4v) is 2.62. The van der Waals surface area contributed by atoms with Gasteiger partial charge < -0.3 is 15.1 Å². The average Bonchev–Trinajstić information content (AvgIpc) is 3.08. The van der Waals surface area contributed by atoms with Gasteiger partial charge in [0.2, 0.25) is 5.95 Å². The first kappa shape index (κ1) is 16.1. The Kier molecular flexibility index (Phi) is 4.79. The summed E-state index contributed by atoms with van der Waals surface area (Å²) < 4.78 is 5.32. The quantitative estimate of drug-likeness (QED) is 0.694. The van der Waals surface area contributed by atoms with Gasteiger partial charge in [0.1, 0.15) is 11.6 Å². The molecule has 5 nitrogen and oxygen atoms in total. The van der Waals surface area contributed by atoms with Crippen LogP contribution in [-0.4, -0.2) is 9.97 Å². The zero-order valence-corrected chi connectivity index (χ0v) is 14.3. The first-order valence-corrected chi connectivity index (χ1v) is 8.13. The van der Waals surface area contributed by atoms with Gasteiger partial charge in [-0.05, 0) is 43.5 Å². The maximum absolute atomic E-state index is 5.32. The molecule has 3 rings (SSSR count). The molecule has 0 saturated carbocycles. The van der Waals surface area contributed by atoms with Gasteiger partial charge in [-0.15, -0.1) is 0 Å². The van der Waals surface area contributed by atoms with Gasteiger partial charge in [-0.3, -0.25) is 0 Å². The minimum absolute atomic E-state index is 0.556. The van der Waals surface area contributed by atoms with Crippen LogP contribution >= 0.6 is 0 Å². The minimum atomic E-state index is 0.556. The molecule has 0 atom stereocenters. The number of aromatic nitrogens is 2. The van der Waals surface area contributed by atoms with E-state index in [1.54, 1.807) is 6.26 Å². The van der Waals surface area contributed by atoms with Gasteiger partial charge in [-0.1, -0.05) is 25.1 Å². The monoisotopic (exact) mass is 322 g/mol. The van der Waals surface area contributed by atoms with Gasteiger partial charge in [0, 0.05) is 17.4 Å². The van der Waals surface area contributed by atoms with Gasteiger partial charge in [0.15, 0.2) is 0 Å². The predicted octanol–water partition coefficient (Wildman–Crippen LogP) is 4.60. The van der Waals surface area contributed by atoms with E-state index in [4.69, 9.17) is 4.42 Å². The van der Waals surface area contributed by atoms with Gasteiger partial charge in [0.25, 0.3) is 0 Å². The van der Waals surface area contributed by atoms with Gasteiger partial charge >= 0.3 is 0 Å². The van der Waals surface area contributed by atoms with E-state index in [-0.39, 0.29) is 0 Å². The molecule has 0 bridgehead atoms. The summed E-state index contributed by atoms with van der Waals surface area (Å²) in [5, 5.41) is 6.65. The van der Waals surface area contributed by atoms with Crippen molar-refractivity contribution in [3.63, 3.8) is 0 Å². The molecule has 2 aromatic heterocycles. The van der Waals surface area contributed by atoms with Crippen LogP contribution in [0.25, 0.3) is 0 Å². The number of hydrogen-bond donors (Lipinski definition) is 2. The van der Waals surface area contributed by atoms with Crippen molar-refractivity contribution in [2.75, 3.05) is 10.6 Å². The molecule has 0 radical (unpaired) electrons. The van der Waals surface area contributed by atoms with Crippen molar-refractivity contribution in [3.05, 3.63) is 65.2 Å². The lowest BCUT2D eigenvalue weighted by molar-refractivity contribution is 0.517. The number of furan rings is 1. The summed E-state index contributed by atoms with van der Waals surface area (Å²) in [7, 11) is 0. The van der Waals surface area contributed by atoms with Crippen LogP contribution in [0.5, 0.6) is 0 Å². The Morgan fingerprint density at radius 1 is 1.08 bits per heavy atom. The van der Waals surface area contributed by atoms with Gasteiger partial charge in [0.05, 0.1) is 12.8 Å². The summed E-state index contributed by atoms with van der Waals surface area (Å²) in [6, 6.07) is 12.1. The van der Waals surface area contributed by atoms with Gasteiger partial charge in [-0.25, -0.2) is 4.98 Å². The third kappa shape index (κ3) is 3.74. The van der Waals surface area contributed by atoms with E-state index in [0.717, 1.165) is 29.4 Å². The molecule has 2 N–H and O–H groups in total. The van der Waals surface area contributed by atoms with E-state index in [1.807, 2.05) is 25.1 Å². The maximum atomic E-state index is 5.32. The Morgan fingerprint density at radius 2 is 1.96 bits per heavy atom. The van der Waals surface area contributed by atoms with Crippen LogP contribution in [0.2, 0.25) is 0 Å². The zero-order valence-electron chi connectivity index (χ0n) is 14.3. The SMILES string of the molecule is CCc1cccc(C)c1Nc1cc(C)nc(NCc2ccco2)n1. The molecule has 124 valence electrons. The molecule has 0 spiro atoms. The van der Waals surface area contributed by atoms with Crippen molar-refractivity contribution >= 4 is 17.5 Å². The lowest BCUT2D eigenvalue weighted by atomic mass is 10.1. The molecular weight excluding hydrogens is 300 g/mol. The van der Waals surface area contributed by atoms with Gasteiger partial charge in [-0.2, -0.15) is 4.98 Å². The number of aryl methyl sites for hydroxylation is 3. The summed E-state index contributed by atoms with van der Waals surface area (Å²) in [6.07, 6.45) is 2.63. The number of para-hydroxylation sites is 1. The average molecular weight is 322 g/mol. The number of nitrogens with one attached hydrogen (secondary N) is 2. The molecule has 0 fully saturated rings. The number of benzene rings is 1. The number of anilines is 3. The highest BCUT2D eigenvalue weighted by molar-refractivity contribution is 5.65. The maximum Gasteiger partial charge on any atom is 0.225 e. The number of rotatable bonds is 6. The third-order valence-corrected chi connectivity index (χ3v) is 3.85. The zero-order chi connectivity index (χ0) is 16.9. The van der Waals surface area contributed by atoms with Crippen molar-refractivity contribution in [2.24, 2.45) is 0 Å². The Hall–Kier alpha value is -2.82. The van der Waals surface area contributed by atoms with Crippen LogP contribution in [0, 0.1) is 13.8 Å². The second kappa shape index (κ2) is 7.17. The lowest BCUT2D eigenvalue weighted by Crippen LogP contribution is -2.07. The van der Waals surface area contributed by atoms with Crippen molar-refractivity contribution in [1.29, 1.82) is 0 Å². The third-order valence-electron chi connectivity index (χ3n) is 3.85. The number of hydrogen-bond acceptors (Lipinski definition) is 5. The molecule has 2 heterocycles. The van der Waals surface area contributed by atoms with Crippen molar-refractivity contribution in [3.8, 4) is 0 Å². The Balaban J connectivity index is 1.81. The van der Waals surface area contributed by atoms with E-state index in [9.17, 15) is 0 Å². The standard InChI is InChI=1S/C19H22N4O/c1-4-15-8-5-7-13(2)18(15)22-17-11-14(3)21-19(23-17)20-12-16-9-6-10-24-16/h5-11H,4,12H2,1-3H3,(H2,20,21,22,23). The fraction of sp³-hybridized carbons (Fsp3) is 0.263. The second-order valence-electron chi connectivity index (χ2n) is 5.74. The fourth-order valence-electron chi connectivity index (χ4n) is 2.62. The van der Waals surface area contributed by atoms with Crippen molar-refractivity contribution in [1.82, 2.24) is 9.97 Å². The second-order valence-corrected chi connectivity index (χ2v) is 5.74. The molecule has 5 heteroatoms. The van der Waals surface area contributed by atoms with Crippen molar-refractivity contribution in [2.45, 2.75) is 33.7 Å². The molecular formula is C19H22N4O. The molecule has 0 aliphatic carbocycles. The summed E-state index contributed by atoms with van der Waals surface area (Å²) >= 11 is 0. The van der Waals surface area contributed by atoms with E-state index < -0.39 is 0 Å². The number of nitrogens with zero attached hydrogens (tertiary/aromatic N) is 2. The first-order valence-electron chi connectivity index (χ1n) is 8.13. The highest BCUT2D eigenvalue weighted by Gasteiger charge is 2.08. The Labute approximate surface area is 142 Å². The van der Waals surface area contributed by atoms with Crippen LogP contribution in [0.1, 0.15) is 29.5 Å². The lowest BCUT2D eigenvalue weighted by Gasteiger charge is -2.14. The van der Waals surface area contributed by atoms with Crippen molar-refractivity contribution < 1.29 is 4.42 Å². The Morgan fingerprint density at radius 3 is 2.71 bits per heavy atom. The predicted molar refractivity (Wildman–Crippen MR) is 96.6 cm³/mol. The van der Waals surface area contributed by atoms with Crippen LogP contribution in [0.3, 0.4) is 0 Å². The van der Waals surface area contributed by atoms with Crippen LogP contribution in [-0.2, 0) is 13.0 Å². The largest absolute Gasteiger partial charge is 0.467 e. The van der Waals surface area contributed by atoms with Crippen LogP contribution < -0.4 is 10.6 Å². The summed E-state index contributed by atoms with van der Waals surface area (Å²) in [5.41, 5.74) is 4.50. The molecule has 24 heavy (non-hydrogen) atoms. The molecule has 0 amide bonds. The molecule has 0 aliphatic rings. The topological polar surface area (TPSA) is 63.0 Å².